The van der Waals surface area contributed by atoms with Crippen LogP contribution < -0.4 is 10.9 Å². The Hall–Kier alpha value is -2.47. The first-order valence-corrected chi connectivity index (χ1v) is 7.96. The van der Waals surface area contributed by atoms with E-state index in [4.69, 9.17) is 0 Å². The van der Waals surface area contributed by atoms with Crippen LogP contribution in [0.15, 0.2) is 53.4 Å². The quantitative estimate of drug-likeness (QED) is 0.595. The number of phenols is 1. The molecule has 0 aromatic heterocycles. The highest BCUT2D eigenvalue weighted by Crippen LogP contribution is 2.23. The van der Waals surface area contributed by atoms with Crippen molar-refractivity contribution in [3.8, 4) is 5.75 Å². The van der Waals surface area contributed by atoms with Crippen LogP contribution in [0.4, 0.5) is 0 Å². The Labute approximate surface area is 139 Å². The zero-order chi connectivity index (χ0) is 16.8. The first kappa shape index (κ1) is 16.9. The predicted octanol–water partition coefficient (Wildman–Crippen LogP) is 2.64. The van der Waals surface area contributed by atoms with Gasteiger partial charge in [-0.25, -0.2) is 0 Å². The SMILES string of the molecule is Cc1ccc(SC(C)C(=O)NNC(=O)c2cccc(O)c2)cc1. The molecule has 0 saturated heterocycles. The maximum absolute atomic E-state index is 12.0. The minimum Gasteiger partial charge on any atom is -0.508 e. The number of aromatic hydroxyl groups is 1. The van der Waals surface area contributed by atoms with Gasteiger partial charge in [0, 0.05) is 10.5 Å². The average Bonchev–Trinajstić information content (AvgIpc) is 2.54. The number of aryl methyl sites for hydroxylation is 1. The number of thioether (sulfide) groups is 1. The minimum absolute atomic E-state index is 0.00716. The van der Waals surface area contributed by atoms with Crippen LogP contribution in [-0.4, -0.2) is 22.2 Å². The van der Waals surface area contributed by atoms with Crippen molar-refractivity contribution in [3.05, 3.63) is 59.7 Å². The fourth-order valence-corrected chi connectivity index (χ4v) is 2.68. The third-order valence-electron chi connectivity index (χ3n) is 3.11. The van der Waals surface area contributed by atoms with E-state index in [0.29, 0.717) is 0 Å². The Kier molecular flexibility index (Phi) is 5.65. The Bertz CT molecular complexity index is 701. The lowest BCUT2D eigenvalue weighted by Gasteiger charge is -2.13. The van der Waals surface area contributed by atoms with Crippen molar-refractivity contribution < 1.29 is 14.7 Å². The van der Waals surface area contributed by atoms with Crippen molar-refractivity contribution in [2.75, 3.05) is 0 Å². The van der Waals surface area contributed by atoms with Crippen LogP contribution in [0.3, 0.4) is 0 Å². The van der Waals surface area contributed by atoms with Gasteiger partial charge in [-0.2, -0.15) is 0 Å². The summed E-state index contributed by atoms with van der Waals surface area (Å²) in [6.45, 7) is 3.77. The van der Waals surface area contributed by atoms with Crippen molar-refractivity contribution in [1.29, 1.82) is 0 Å². The zero-order valence-corrected chi connectivity index (χ0v) is 13.7. The van der Waals surface area contributed by atoms with Crippen LogP contribution in [0.1, 0.15) is 22.8 Å². The molecule has 0 heterocycles. The molecular weight excluding hydrogens is 312 g/mol. The van der Waals surface area contributed by atoms with E-state index < -0.39 is 5.91 Å². The van der Waals surface area contributed by atoms with Crippen molar-refractivity contribution >= 4 is 23.6 Å². The Morgan fingerprint density at radius 1 is 1.09 bits per heavy atom. The van der Waals surface area contributed by atoms with Gasteiger partial charge in [0.2, 0.25) is 0 Å². The summed E-state index contributed by atoms with van der Waals surface area (Å²) >= 11 is 1.41. The fourth-order valence-electron chi connectivity index (χ4n) is 1.81. The van der Waals surface area contributed by atoms with E-state index >= 15 is 0 Å². The van der Waals surface area contributed by atoms with E-state index in [1.54, 1.807) is 19.1 Å². The van der Waals surface area contributed by atoms with E-state index in [0.717, 1.165) is 10.5 Å². The molecule has 23 heavy (non-hydrogen) atoms. The first-order valence-electron chi connectivity index (χ1n) is 7.08. The van der Waals surface area contributed by atoms with Gasteiger partial charge >= 0.3 is 0 Å². The maximum atomic E-state index is 12.0. The highest BCUT2D eigenvalue weighted by Gasteiger charge is 2.15. The zero-order valence-electron chi connectivity index (χ0n) is 12.9. The molecule has 0 bridgehead atoms. The molecule has 0 spiro atoms. The topological polar surface area (TPSA) is 78.4 Å². The van der Waals surface area contributed by atoms with Crippen LogP contribution in [0.2, 0.25) is 0 Å². The molecule has 0 aliphatic heterocycles. The lowest BCUT2D eigenvalue weighted by molar-refractivity contribution is -0.121. The van der Waals surface area contributed by atoms with Gasteiger partial charge in [-0.15, -0.1) is 11.8 Å². The van der Waals surface area contributed by atoms with E-state index in [-0.39, 0.29) is 22.5 Å². The summed E-state index contributed by atoms with van der Waals surface area (Å²) in [7, 11) is 0. The molecule has 0 aliphatic carbocycles. The summed E-state index contributed by atoms with van der Waals surface area (Å²) in [6.07, 6.45) is 0. The van der Waals surface area contributed by atoms with Crippen molar-refractivity contribution in [1.82, 2.24) is 10.9 Å². The van der Waals surface area contributed by atoms with Crippen LogP contribution in [0, 0.1) is 6.92 Å². The van der Waals surface area contributed by atoms with Gasteiger partial charge in [0.05, 0.1) is 5.25 Å². The van der Waals surface area contributed by atoms with Gasteiger partial charge in [0.25, 0.3) is 11.8 Å². The molecule has 0 fully saturated rings. The third kappa shape index (κ3) is 5.03. The number of hydrazine groups is 1. The number of hydrogen-bond donors (Lipinski definition) is 3. The van der Waals surface area contributed by atoms with E-state index in [1.807, 2.05) is 31.2 Å². The second-order valence-electron chi connectivity index (χ2n) is 5.07. The molecular formula is C17H18N2O3S. The molecule has 2 rings (SSSR count). The molecule has 5 nitrogen and oxygen atoms in total. The number of hydrogen-bond acceptors (Lipinski definition) is 4. The number of carbonyl (C=O) groups is 2. The van der Waals surface area contributed by atoms with Gasteiger partial charge in [-0.1, -0.05) is 23.8 Å². The number of carbonyl (C=O) groups excluding carboxylic acids is 2. The van der Waals surface area contributed by atoms with Gasteiger partial charge in [0.1, 0.15) is 5.75 Å². The monoisotopic (exact) mass is 330 g/mol. The molecule has 1 unspecified atom stereocenters. The van der Waals surface area contributed by atoms with Crippen molar-refractivity contribution in [2.45, 2.75) is 24.0 Å². The highest BCUT2D eigenvalue weighted by atomic mass is 32.2. The van der Waals surface area contributed by atoms with Gasteiger partial charge in [-0.3, -0.25) is 20.4 Å². The lowest BCUT2D eigenvalue weighted by atomic mass is 10.2. The molecule has 1 atom stereocenters. The smallest absolute Gasteiger partial charge is 0.269 e. The normalized spacial score (nSPS) is 11.6. The van der Waals surface area contributed by atoms with Crippen LogP contribution in [0.25, 0.3) is 0 Å². The van der Waals surface area contributed by atoms with Crippen LogP contribution in [-0.2, 0) is 4.79 Å². The molecule has 0 radical (unpaired) electrons. The largest absolute Gasteiger partial charge is 0.508 e. The van der Waals surface area contributed by atoms with Crippen LogP contribution in [0.5, 0.6) is 5.75 Å². The second kappa shape index (κ2) is 7.69. The Morgan fingerprint density at radius 2 is 1.78 bits per heavy atom. The number of amides is 2. The molecule has 0 aliphatic rings. The minimum atomic E-state index is -0.484. The molecule has 0 saturated carbocycles. The molecule has 120 valence electrons. The van der Waals surface area contributed by atoms with Gasteiger partial charge in [-0.05, 0) is 44.2 Å². The van der Waals surface area contributed by atoms with E-state index in [2.05, 4.69) is 10.9 Å². The molecule has 2 aromatic carbocycles. The summed E-state index contributed by atoms with van der Waals surface area (Å²) in [5.41, 5.74) is 6.15. The summed E-state index contributed by atoms with van der Waals surface area (Å²) < 4.78 is 0. The van der Waals surface area contributed by atoms with Gasteiger partial charge < -0.3 is 5.11 Å². The van der Waals surface area contributed by atoms with Crippen LogP contribution >= 0.6 is 11.8 Å². The van der Waals surface area contributed by atoms with Gasteiger partial charge in [0.15, 0.2) is 0 Å². The number of nitrogens with one attached hydrogen (secondary N) is 2. The number of phenolic OH excluding ortho intramolecular Hbond substituents is 1. The summed E-state index contributed by atoms with van der Waals surface area (Å²) in [5, 5.41) is 8.98. The average molecular weight is 330 g/mol. The van der Waals surface area contributed by atoms with E-state index in [1.165, 1.54) is 23.9 Å². The Balaban J connectivity index is 1.86. The number of rotatable bonds is 4. The summed E-state index contributed by atoms with van der Waals surface area (Å²) in [5.74, 6) is -0.793. The second-order valence-corrected chi connectivity index (χ2v) is 6.48. The Morgan fingerprint density at radius 3 is 2.43 bits per heavy atom. The van der Waals surface area contributed by atoms with Crippen molar-refractivity contribution in [2.24, 2.45) is 0 Å². The number of benzene rings is 2. The molecule has 2 aromatic rings. The standard InChI is InChI=1S/C17H18N2O3S/c1-11-6-8-15(9-7-11)23-12(2)16(21)18-19-17(22)13-4-3-5-14(20)10-13/h3-10,12,20H,1-2H3,(H,18,21)(H,19,22). The lowest BCUT2D eigenvalue weighted by Crippen LogP contribution is -2.44. The molecule has 2 amide bonds. The summed E-state index contributed by atoms with van der Waals surface area (Å²) in [6, 6.07) is 13.8. The highest BCUT2D eigenvalue weighted by molar-refractivity contribution is 8.00. The maximum Gasteiger partial charge on any atom is 0.269 e. The molecule has 6 heteroatoms. The van der Waals surface area contributed by atoms with Crippen molar-refractivity contribution in [3.63, 3.8) is 0 Å². The fraction of sp³-hybridized carbons (Fsp3) is 0.176. The first-order chi connectivity index (χ1) is 11.0. The van der Waals surface area contributed by atoms with E-state index in [9.17, 15) is 14.7 Å². The third-order valence-corrected chi connectivity index (χ3v) is 4.22. The predicted molar refractivity (Wildman–Crippen MR) is 90.2 cm³/mol. The summed E-state index contributed by atoms with van der Waals surface area (Å²) in [4.78, 5) is 24.9. The molecule has 3 N–H and O–H groups in total.